The standard InChI is InChI=1S/C13H16BrNO2/c1-8-11(13(16)17)6-9(14)7-12(8)15-10-4-2-3-5-10/h6-7,10,15H,2-5H2,1H3,(H,16,17). The number of carboxylic acids is 1. The zero-order valence-corrected chi connectivity index (χ0v) is 11.4. The van der Waals surface area contributed by atoms with Crippen LogP contribution in [-0.2, 0) is 0 Å². The maximum atomic E-state index is 11.1. The fourth-order valence-corrected chi connectivity index (χ4v) is 2.80. The number of hydrogen-bond donors (Lipinski definition) is 2. The van der Waals surface area contributed by atoms with E-state index >= 15 is 0 Å². The summed E-state index contributed by atoms with van der Waals surface area (Å²) in [6, 6.07) is 4.10. The maximum absolute atomic E-state index is 11.1. The first-order chi connectivity index (χ1) is 8.08. The third-order valence-corrected chi connectivity index (χ3v) is 3.78. The second-order valence-electron chi connectivity index (χ2n) is 4.56. The Morgan fingerprint density at radius 3 is 2.65 bits per heavy atom. The predicted molar refractivity (Wildman–Crippen MR) is 71.7 cm³/mol. The van der Waals surface area contributed by atoms with Crippen molar-refractivity contribution in [2.75, 3.05) is 5.32 Å². The molecule has 1 fully saturated rings. The molecular weight excluding hydrogens is 282 g/mol. The molecule has 17 heavy (non-hydrogen) atoms. The van der Waals surface area contributed by atoms with Gasteiger partial charge in [-0.2, -0.15) is 0 Å². The average molecular weight is 298 g/mol. The summed E-state index contributed by atoms with van der Waals surface area (Å²) in [7, 11) is 0. The summed E-state index contributed by atoms with van der Waals surface area (Å²) in [5.74, 6) is -0.877. The van der Waals surface area contributed by atoms with Gasteiger partial charge in [-0.15, -0.1) is 0 Å². The topological polar surface area (TPSA) is 49.3 Å². The van der Waals surface area contributed by atoms with Crippen molar-refractivity contribution in [2.45, 2.75) is 38.6 Å². The molecule has 0 spiro atoms. The number of carboxylic acid groups (broad SMARTS) is 1. The van der Waals surface area contributed by atoms with Crippen molar-refractivity contribution in [1.82, 2.24) is 0 Å². The summed E-state index contributed by atoms with van der Waals surface area (Å²) >= 11 is 3.36. The Kier molecular flexibility index (Phi) is 3.72. The molecule has 0 bridgehead atoms. The average Bonchev–Trinajstić information content (AvgIpc) is 2.75. The summed E-state index contributed by atoms with van der Waals surface area (Å²) in [6.45, 7) is 1.85. The molecule has 4 heteroatoms. The largest absolute Gasteiger partial charge is 0.478 e. The quantitative estimate of drug-likeness (QED) is 0.892. The summed E-state index contributed by atoms with van der Waals surface area (Å²) in [4.78, 5) is 11.1. The number of anilines is 1. The first-order valence-electron chi connectivity index (χ1n) is 5.88. The second kappa shape index (κ2) is 5.08. The van der Waals surface area contributed by atoms with Gasteiger partial charge < -0.3 is 10.4 Å². The summed E-state index contributed by atoms with van der Waals surface area (Å²) in [5, 5.41) is 12.6. The molecule has 0 aliphatic heterocycles. The summed E-state index contributed by atoms with van der Waals surface area (Å²) < 4.78 is 0.806. The van der Waals surface area contributed by atoms with Crippen LogP contribution >= 0.6 is 15.9 Å². The minimum absolute atomic E-state index is 0.361. The van der Waals surface area contributed by atoms with Crippen LogP contribution in [-0.4, -0.2) is 17.1 Å². The lowest BCUT2D eigenvalue weighted by molar-refractivity contribution is 0.0696. The Bertz CT molecular complexity index is 439. The van der Waals surface area contributed by atoms with Crippen LogP contribution in [0.15, 0.2) is 16.6 Å². The molecule has 0 saturated heterocycles. The molecule has 2 N–H and O–H groups in total. The van der Waals surface area contributed by atoms with E-state index < -0.39 is 5.97 Å². The van der Waals surface area contributed by atoms with Crippen LogP contribution in [0.3, 0.4) is 0 Å². The van der Waals surface area contributed by atoms with Crippen LogP contribution in [0.25, 0.3) is 0 Å². The molecule has 0 aromatic heterocycles. The minimum atomic E-state index is -0.877. The van der Waals surface area contributed by atoms with E-state index in [1.54, 1.807) is 6.07 Å². The normalized spacial score (nSPS) is 16.1. The smallest absolute Gasteiger partial charge is 0.336 e. The predicted octanol–water partition coefficient (Wildman–Crippen LogP) is 3.81. The van der Waals surface area contributed by atoms with Gasteiger partial charge in [0.1, 0.15) is 0 Å². The van der Waals surface area contributed by atoms with Gasteiger partial charge in [0.05, 0.1) is 5.56 Å². The number of aromatic carboxylic acids is 1. The molecule has 0 unspecified atom stereocenters. The van der Waals surface area contributed by atoms with Crippen LogP contribution in [0.5, 0.6) is 0 Å². The van der Waals surface area contributed by atoms with Gasteiger partial charge in [0, 0.05) is 16.2 Å². The molecule has 1 aliphatic carbocycles. The van der Waals surface area contributed by atoms with E-state index in [1.807, 2.05) is 13.0 Å². The van der Waals surface area contributed by atoms with Crippen molar-refractivity contribution in [2.24, 2.45) is 0 Å². The van der Waals surface area contributed by atoms with E-state index in [2.05, 4.69) is 21.2 Å². The van der Waals surface area contributed by atoms with Crippen molar-refractivity contribution in [3.63, 3.8) is 0 Å². The molecule has 0 atom stereocenters. The fourth-order valence-electron chi connectivity index (χ4n) is 2.34. The molecule has 0 radical (unpaired) electrons. The first-order valence-corrected chi connectivity index (χ1v) is 6.67. The zero-order chi connectivity index (χ0) is 12.4. The number of benzene rings is 1. The van der Waals surface area contributed by atoms with Gasteiger partial charge in [-0.05, 0) is 37.5 Å². The Hall–Kier alpha value is -1.03. The molecule has 1 saturated carbocycles. The molecule has 1 aromatic carbocycles. The highest BCUT2D eigenvalue weighted by Crippen LogP contribution is 2.29. The molecule has 0 amide bonds. The molecule has 3 nitrogen and oxygen atoms in total. The van der Waals surface area contributed by atoms with Gasteiger partial charge >= 0.3 is 5.97 Å². The van der Waals surface area contributed by atoms with Gasteiger partial charge in [0.2, 0.25) is 0 Å². The third-order valence-electron chi connectivity index (χ3n) is 3.32. The van der Waals surface area contributed by atoms with Crippen molar-refractivity contribution in [3.8, 4) is 0 Å². The molecule has 0 heterocycles. The van der Waals surface area contributed by atoms with E-state index in [4.69, 9.17) is 5.11 Å². The monoisotopic (exact) mass is 297 g/mol. The van der Waals surface area contributed by atoms with Crippen LogP contribution in [0.2, 0.25) is 0 Å². The highest BCUT2D eigenvalue weighted by atomic mass is 79.9. The highest BCUT2D eigenvalue weighted by Gasteiger charge is 2.18. The lowest BCUT2D eigenvalue weighted by atomic mass is 10.1. The fraction of sp³-hybridized carbons (Fsp3) is 0.462. The van der Waals surface area contributed by atoms with Crippen LogP contribution < -0.4 is 5.32 Å². The van der Waals surface area contributed by atoms with E-state index in [-0.39, 0.29) is 0 Å². The van der Waals surface area contributed by atoms with Crippen molar-refractivity contribution >= 4 is 27.6 Å². The van der Waals surface area contributed by atoms with E-state index in [1.165, 1.54) is 25.7 Å². The molecule has 2 rings (SSSR count). The van der Waals surface area contributed by atoms with Crippen LogP contribution in [0.1, 0.15) is 41.6 Å². The highest BCUT2D eigenvalue weighted by molar-refractivity contribution is 9.10. The zero-order valence-electron chi connectivity index (χ0n) is 9.79. The van der Waals surface area contributed by atoms with Gasteiger partial charge in [-0.25, -0.2) is 4.79 Å². The molecule has 1 aromatic rings. The van der Waals surface area contributed by atoms with E-state index in [9.17, 15) is 4.79 Å². The SMILES string of the molecule is Cc1c(NC2CCCC2)cc(Br)cc1C(=O)O. The lowest BCUT2D eigenvalue weighted by Gasteiger charge is -2.17. The van der Waals surface area contributed by atoms with Crippen LogP contribution in [0, 0.1) is 6.92 Å². The molecule has 92 valence electrons. The van der Waals surface area contributed by atoms with Gasteiger partial charge in [-0.3, -0.25) is 0 Å². The van der Waals surface area contributed by atoms with Crippen molar-refractivity contribution in [3.05, 3.63) is 27.7 Å². The van der Waals surface area contributed by atoms with Crippen molar-refractivity contribution in [1.29, 1.82) is 0 Å². The second-order valence-corrected chi connectivity index (χ2v) is 5.47. The summed E-state index contributed by atoms with van der Waals surface area (Å²) in [6.07, 6.45) is 4.87. The van der Waals surface area contributed by atoms with Gasteiger partial charge in [0.15, 0.2) is 0 Å². The lowest BCUT2D eigenvalue weighted by Crippen LogP contribution is -2.16. The van der Waals surface area contributed by atoms with E-state index in [0.29, 0.717) is 11.6 Å². The minimum Gasteiger partial charge on any atom is -0.478 e. The Balaban J connectivity index is 2.29. The Labute approximate surface area is 109 Å². The Morgan fingerprint density at radius 2 is 2.06 bits per heavy atom. The number of carbonyl (C=O) groups is 1. The van der Waals surface area contributed by atoms with E-state index in [0.717, 1.165) is 15.7 Å². The number of hydrogen-bond acceptors (Lipinski definition) is 2. The number of nitrogens with one attached hydrogen (secondary N) is 1. The summed E-state index contributed by atoms with van der Waals surface area (Å²) in [5.41, 5.74) is 2.11. The third kappa shape index (κ3) is 2.80. The van der Waals surface area contributed by atoms with Gasteiger partial charge in [0.25, 0.3) is 0 Å². The maximum Gasteiger partial charge on any atom is 0.336 e. The van der Waals surface area contributed by atoms with Crippen LogP contribution in [0.4, 0.5) is 5.69 Å². The van der Waals surface area contributed by atoms with Gasteiger partial charge in [-0.1, -0.05) is 28.8 Å². The molecular formula is C13H16BrNO2. The Morgan fingerprint density at radius 1 is 1.41 bits per heavy atom. The van der Waals surface area contributed by atoms with Crippen molar-refractivity contribution < 1.29 is 9.90 Å². The number of halogens is 1. The molecule has 1 aliphatic rings. The number of rotatable bonds is 3. The first kappa shape index (κ1) is 12.4.